The predicted molar refractivity (Wildman–Crippen MR) is 65.7 cm³/mol. The fourth-order valence-electron chi connectivity index (χ4n) is 1.49. The van der Waals surface area contributed by atoms with Crippen molar-refractivity contribution in [1.82, 2.24) is 10.3 Å². The van der Waals surface area contributed by atoms with Crippen LogP contribution in [0.5, 0.6) is 5.75 Å². The number of hydrogen-bond acceptors (Lipinski definition) is 4. The molecule has 2 aromatic rings. The van der Waals surface area contributed by atoms with E-state index in [0.29, 0.717) is 12.1 Å². The molecule has 19 heavy (non-hydrogen) atoms. The molecule has 0 aliphatic heterocycles. The number of hydrogen-bond donors (Lipinski definition) is 2. The normalized spacial score (nSPS) is 9.47. The smallest absolute Gasteiger partial charge is 0.872 e. The first kappa shape index (κ1) is 15.5. The number of aromatic nitrogens is 1. The molecule has 0 bridgehead atoms. The Labute approximate surface area is 133 Å². The number of nitrogens with two attached hydrogens (primary N) is 1. The van der Waals surface area contributed by atoms with E-state index in [1.165, 1.54) is 18.3 Å². The van der Waals surface area contributed by atoms with Crippen molar-refractivity contribution in [2.45, 2.75) is 6.54 Å². The maximum atomic E-state index is 11.8. The third kappa shape index (κ3) is 4.24. The third-order valence-corrected chi connectivity index (χ3v) is 2.46. The summed E-state index contributed by atoms with van der Waals surface area (Å²) in [5.74, 6) is -0.140. The van der Waals surface area contributed by atoms with Crippen molar-refractivity contribution < 1.29 is 39.5 Å². The predicted octanol–water partition coefficient (Wildman–Crippen LogP) is -2.33. The van der Waals surface area contributed by atoms with E-state index in [2.05, 4.69) is 10.3 Å². The van der Waals surface area contributed by atoms with Gasteiger partial charge in [-0.1, -0.05) is 24.3 Å². The molecule has 0 saturated carbocycles. The van der Waals surface area contributed by atoms with Gasteiger partial charge in [0.25, 0.3) is 5.91 Å². The van der Waals surface area contributed by atoms with Crippen LogP contribution < -0.4 is 45.7 Å². The second-order valence-electron chi connectivity index (χ2n) is 3.76. The van der Waals surface area contributed by atoms with Crippen LogP contribution in [-0.2, 0) is 6.54 Å². The molecule has 92 valence electrons. The van der Waals surface area contributed by atoms with Crippen LogP contribution in [0.3, 0.4) is 0 Å². The number of pyridine rings is 1. The van der Waals surface area contributed by atoms with Crippen molar-refractivity contribution in [3.05, 3.63) is 53.7 Å². The molecular formula is C13H12N3NaO2. The molecular weight excluding hydrogens is 253 g/mol. The van der Waals surface area contributed by atoms with Gasteiger partial charge in [0.05, 0.1) is 5.56 Å². The molecule has 6 heteroatoms. The van der Waals surface area contributed by atoms with Crippen molar-refractivity contribution in [3.8, 4) is 5.75 Å². The molecule has 2 rings (SSSR count). The first-order valence-electron chi connectivity index (χ1n) is 5.41. The molecule has 1 amide bonds. The number of nitrogen functional groups attached to an aromatic ring is 1. The summed E-state index contributed by atoms with van der Waals surface area (Å²) < 4.78 is 0. The van der Waals surface area contributed by atoms with Gasteiger partial charge in [-0.15, -0.1) is 5.75 Å². The van der Waals surface area contributed by atoms with Gasteiger partial charge in [-0.05, 0) is 17.7 Å². The van der Waals surface area contributed by atoms with Gasteiger partial charge >= 0.3 is 29.6 Å². The summed E-state index contributed by atoms with van der Waals surface area (Å²) in [6.07, 6.45) is 1.53. The number of amides is 1. The quantitative estimate of drug-likeness (QED) is 0.609. The first-order valence-corrected chi connectivity index (χ1v) is 5.41. The number of anilines is 1. The standard InChI is InChI=1S/C13H13N3O2.Na/c14-12-11(2-1-7-15-12)13(18)16-8-9-3-5-10(17)6-4-9;/h1-7,17H,8H2,(H2,14,15)(H,16,18);/q;+1/p-1. The number of carbonyl (C=O) groups excluding carboxylic acids is 1. The maximum Gasteiger partial charge on any atom is 1.00 e. The summed E-state index contributed by atoms with van der Waals surface area (Å²) in [5.41, 5.74) is 6.79. The molecule has 0 atom stereocenters. The van der Waals surface area contributed by atoms with Crippen LogP contribution in [0, 0.1) is 0 Å². The second kappa shape index (κ2) is 7.13. The van der Waals surface area contributed by atoms with Crippen LogP contribution in [0.15, 0.2) is 42.6 Å². The number of nitrogens with one attached hydrogen (secondary N) is 1. The van der Waals surface area contributed by atoms with Crippen molar-refractivity contribution in [2.24, 2.45) is 0 Å². The zero-order valence-corrected chi connectivity index (χ0v) is 12.6. The molecule has 1 aromatic heterocycles. The van der Waals surface area contributed by atoms with Gasteiger partial charge in [0.2, 0.25) is 0 Å². The van der Waals surface area contributed by atoms with E-state index in [4.69, 9.17) is 5.73 Å². The zero-order chi connectivity index (χ0) is 13.0. The van der Waals surface area contributed by atoms with Crippen molar-refractivity contribution in [3.63, 3.8) is 0 Å². The Bertz CT molecular complexity index is 558. The third-order valence-electron chi connectivity index (χ3n) is 2.46. The van der Waals surface area contributed by atoms with Gasteiger partial charge in [-0.3, -0.25) is 4.79 Å². The van der Waals surface area contributed by atoms with E-state index in [-0.39, 0.29) is 47.0 Å². The Morgan fingerprint density at radius 2 is 1.95 bits per heavy atom. The van der Waals surface area contributed by atoms with E-state index < -0.39 is 0 Å². The van der Waals surface area contributed by atoms with E-state index in [9.17, 15) is 9.90 Å². The van der Waals surface area contributed by atoms with Crippen molar-refractivity contribution >= 4 is 11.7 Å². The van der Waals surface area contributed by atoms with Gasteiger partial charge < -0.3 is 16.2 Å². The van der Waals surface area contributed by atoms with Crippen LogP contribution in [0.2, 0.25) is 0 Å². The van der Waals surface area contributed by atoms with Crippen LogP contribution in [-0.4, -0.2) is 10.9 Å². The van der Waals surface area contributed by atoms with Crippen LogP contribution >= 0.6 is 0 Å². The summed E-state index contributed by atoms with van der Waals surface area (Å²) >= 11 is 0. The van der Waals surface area contributed by atoms with E-state index in [1.807, 2.05) is 0 Å². The Morgan fingerprint density at radius 1 is 1.26 bits per heavy atom. The minimum Gasteiger partial charge on any atom is -0.872 e. The summed E-state index contributed by atoms with van der Waals surface area (Å²) in [4.78, 5) is 15.7. The average Bonchev–Trinajstić information content (AvgIpc) is 2.38. The summed E-state index contributed by atoms with van der Waals surface area (Å²) in [6, 6.07) is 9.53. The Morgan fingerprint density at radius 3 is 2.58 bits per heavy atom. The Balaban J connectivity index is 0.00000180. The first-order chi connectivity index (χ1) is 8.66. The minimum absolute atomic E-state index is 0. The van der Waals surface area contributed by atoms with Gasteiger partial charge in [-0.25, -0.2) is 4.98 Å². The van der Waals surface area contributed by atoms with Gasteiger partial charge in [0.15, 0.2) is 0 Å². The van der Waals surface area contributed by atoms with E-state index in [0.717, 1.165) is 5.56 Å². The van der Waals surface area contributed by atoms with Crippen molar-refractivity contribution in [2.75, 3.05) is 5.73 Å². The fourth-order valence-corrected chi connectivity index (χ4v) is 1.49. The SMILES string of the molecule is Nc1ncccc1C(=O)NCc1ccc([O-])cc1.[Na+]. The van der Waals surface area contributed by atoms with Gasteiger partial charge in [-0.2, -0.15) is 0 Å². The maximum absolute atomic E-state index is 11.8. The molecule has 1 aromatic carbocycles. The van der Waals surface area contributed by atoms with Crippen molar-refractivity contribution in [1.29, 1.82) is 0 Å². The molecule has 5 nitrogen and oxygen atoms in total. The zero-order valence-electron chi connectivity index (χ0n) is 10.6. The molecule has 0 aliphatic carbocycles. The summed E-state index contributed by atoms with van der Waals surface area (Å²) in [6.45, 7) is 0.341. The number of carbonyl (C=O) groups is 1. The minimum atomic E-state index is -0.285. The van der Waals surface area contributed by atoms with Crippen LogP contribution in [0.4, 0.5) is 5.82 Å². The number of nitrogens with zero attached hydrogens (tertiary/aromatic N) is 1. The molecule has 0 spiro atoms. The second-order valence-corrected chi connectivity index (χ2v) is 3.76. The largest absolute Gasteiger partial charge is 1.00 e. The average molecular weight is 265 g/mol. The molecule has 0 unspecified atom stereocenters. The van der Waals surface area contributed by atoms with Crippen LogP contribution in [0.1, 0.15) is 15.9 Å². The monoisotopic (exact) mass is 265 g/mol. The number of rotatable bonds is 3. The molecule has 3 N–H and O–H groups in total. The molecule has 1 heterocycles. The molecule has 0 fully saturated rings. The summed E-state index contributed by atoms with van der Waals surface area (Å²) in [5, 5.41) is 13.6. The van der Waals surface area contributed by atoms with Gasteiger partial charge in [0, 0.05) is 12.7 Å². The van der Waals surface area contributed by atoms with E-state index in [1.54, 1.807) is 24.3 Å². The summed E-state index contributed by atoms with van der Waals surface area (Å²) in [7, 11) is 0. The fraction of sp³-hybridized carbons (Fsp3) is 0.0769. The Kier molecular flexibility index (Phi) is 5.82. The van der Waals surface area contributed by atoms with Crippen LogP contribution in [0.25, 0.3) is 0 Å². The molecule has 0 saturated heterocycles. The Hall–Kier alpha value is -1.56. The van der Waals surface area contributed by atoms with Gasteiger partial charge in [0.1, 0.15) is 5.82 Å². The number of benzene rings is 1. The molecule has 0 aliphatic rings. The molecule has 0 radical (unpaired) electrons. The topological polar surface area (TPSA) is 91.1 Å². The van der Waals surface area contributed by atoms with E-state index >= 15 is 0 Å².